The molecule has 1 aliphatic carbocycles. The molecule has 162 valence electrons. The molecular weight excluding hydrogens is 414 g/mol. The zero-order valence-electron chi connectivity index (χ0n) is 18.2. The number of halogens is 1. The lowest BCUT2D eigenvalue weighted by molar-refractivity contribution is -0.121. The molecule has 2 aliphatic rings. The number of rotatable bonds is 4. The van der Waals surface area contributed by atoms with Crippen molar-refractivity contribution in [2.75, 3.05) is 19.1 Å². The van der Waals surface area contributed by atoms with E-state index >= 15 is 0 Å². The van der Waals surface area contributed by atoms with E-state index in [2.05, 4.69) is 13.8 Å². The van der Waals surface area contributed by atoms with Crippen molar-refractivity contribution in [2.24, 2.45) is 5.41 Å². The third kappa shape index (κ3) is 3.83. The van der Waals surface area contributed by atoms with Gasteiger partial charge in [0.15, 0.2) is 5.78 Å². The maximum atomic E-state index is 13.5. The summed E-state index contributed by atoms with van der Waals surface area (Å²) in [6.45, 7) is 4.11. The lowest BCUT2D eigenvalue weighted by Crippen LogP contribution is -2.43. The van der Waals surface area contributed by atoms with Gasteiger partial charge in [-0.2, -0.15) is 0 Å². The maximum Gasteiger partial charge on any atom is 0.232 e. The number of nitrogens with zero attached hydrogens (tertiary/aromatic N) is 1. The summed E-state index contributed by atoms with van der Waals surface area (Å²) in [6, 6.07) is 12.8. The average molecular weight is 440 g/mol. The normalized spacial score (nSPS) is 20.5. The zero-order valence-corrected chi connectivity index (χ0v) is 19.0. The summed E-state index contributed by atoms with van der Waals surface area (Å²) >= 11 is 6.48. The largest absolute Gasteiger partial charge is 0.497 e. The second kappa shape index (κ2) is 8.04. The maximum absolute atomic E-state index is 13.5. The molecule has 0 radical (unpaired) electrons. The fourth-order valence-corrected chi connectivity index (χ4v) is 4.96. The van der Waals surface area contributed by atoms with Gasteiger partial charge < -0.3 is 9.47 Å². The first-order chi connectivity index (χ1) is 14.8. The molecule has 2 aromatic carbocycles. The molecule has 5 nitrogen and oxygen atoms in total. The molecule has 1 aliphatic heterocycles. The van der Waals surface area contributed by atoms with Crippen LogP contribution < -0.4 is 14.4 Å². The SMILES string of the molecule is COc1ccc(N2C(=O)CC(c3ccccc3Cl)C3=C2CC(C)(C)CC3=O)c(OC)c1. The van der Waals surface area contributed by atoms with Crippen molar-refractivity contribution in [1.29, 1.82) is 0 Å². The van der Waals surface area contributed by atoms with Crippen LogP contribution >= 0.6 is 11.6 Å². The minimum atomic E-state index is -0.347. The van der Waals surface area contributed by atoms with E-state index in [0.29, 0.717) is 40.6 Å². The van der Waals surface area contributed by atoms with E-state index in [1.165, 1.54) is 0 Å². The van der Waals surface area contributed by atoms with Gasteiger partial charge in [-0.3, -0.25) is 14.5 Å². The van der Waals surface area contributed by atoms with Crippen LogP contribution in [0.15, 0.2) is 53.7 Å². The molecule has 0 fully saturated rings. The van der Waals surface area contributed by atoms with E-state index in [1.54, 1.807) is 37.3 Å². The van der Waals surface area contributed by atoms with Gasteiger partial charge in [-0.25, -0.2) is 0 Å². The summed E-state index contributed by atoms with van der Waals surface area (Å²) < 4.78 is 10.9. The third-order valence-corrected chi connectivity index (χ3v) is 6.40. The Morgan fingerprint density at radius 2 is 1.77 bits per heavy atom. The Labute approximate surface area is 187 Å². The Bertz CT molecular complexity index is 1090. The van der Waals surface area contributed by atoms with Crippen molar-refractivity contribution in [3.05, 3.63) is 64.3 Å². The number of methoxy groups -OCH3 is 2. The van der Waals surface area contributed by atoms with Crippen molar-refractivity contribution in [3.8, 4) is 11.5 Å². The molecule has 0 spiro atoms. The number of carbonyl (C=O) groups excluding carboxylic acids is 2. The molecule has 2 aromatic rings. The van der Waals surface area contributed by atoms with Crippen LogP contribution in [0.5, 0.6) is 11.5 Å². The highest BCUT2D eigenvalue weighted by molar-refractivity contribution is 6.31. The molecule has 31 heavy (non-hydrogen) atoms. The molecule has 6 heteroatoms. The summed E-state index contributed by atoms with van der Waals surface area (Å²) in [5.41, 5.74) is 2.61. The summed E-state index contributed by atoms with van der Waals surface area (Å²) in [7, 11) is 3.14. The van der Waals surface area contributed by atoms with Gasteiger partial charge in [-0.1, -0.05) is 43.6 Å². The summed E-state index contributed by atoms with van der Waals surface area (Å²) in [5, 5.41) is 0.570. The van der Waals surface area contributed by atoms with Crippen LogP contribution in [0.4, 0.5) is 5.69 Å². The number of hydrogen-bond donors (Lipinski definition) is 0. The second-order valence-electron chi connectivity index (χ2n) is 8.85. The number of Topliss-reactive ketones (excluding diaryl/α,β-unsaturated/α-hetero) is 1. The highest BCUT2D eigenvalue weighted by atomic mass is 35.5. The predicted molar refractivity (Wildman–Crippen MR) is 121 cm³/mol. The van der Waals surface area contributed by atoms with Gasteiger partial charge in [0, 0.05) is 41.1 Å². The van der Waals surface area contributed by atoms with Gasteiger partial charge in [-0.15, -0.1) is 0 Å². The quantitative estimate of drug-likeness (QED) is 0.629. The van der Waals surface area contributed by atoms with Crippen LogP contribution in [0, 0.1) is 5.41 Å². The van der Waals surface area contributed by atoms with Crippen LogP contribution in [-0.2, 0) is 9.59 Å². The number of hydrogen-bond acceptors (Lipinski definition) is 4. The standard InChI is InChI=1S/C25H26ClNO4/c1-25(2)13-20-24(21(28)14-25)17(16-7-5-6-8-18(16)26)12-23(29)27(20)19-10-9-15(30-3)11-22(19)31-4/h5-11,17H,12-14H2,1-4H3. The summed E-state index contributed by atoms with van der Waals surface area (Å²) in [5.74, 6) is 0.791. The Balaban J connectivity index is 1.93. The predicted octanol–water partition coefficient (Wildman–Crippen LogP) is 5.52. The van der Waals surface area contributed by atoms with E-state index in [1.807, 2.05) is 24.3 Å². The average Bonchev–Trinajstić information content (AvgIpc) is 2.72. The molecule has 4 rings (SSSR count). The molecule has 0 aromatic heterocycles. The highest BCUT2D eigenvalue weighted by Crippen LogP contribution is 2.50. The third-order valence-electron chi connectivity index (χ3n) is 6.05. The second-order valence-corrected chi connectivity index (χ2v) is 9.25. The van der Waals surface area contributed by atoms with Gasteiger partial charge in [-0.05, 0) is 35.6 Å². The first-order valence-electron chi connectivity index (χ1n) is 10.3. The lowest BCUT2D eigenvalue weighted by Gasteiger charge is -2.43. The van der Waals surface area contributed by atoms with Crippen molar-refractivity contribution < 1.29 is 19.1 Å². The molecular formula is C25H26ClNO4. The molecule has 1 unspecified atom stereocenters. The van der Waals surface area contributed by atoms with E-state index in [4.69, 9.17) is 21.1 Å². The van der Waals surface area contributed by atoms with Crippen molar-refractivity contribution in [2.45, 2.75) is 39.0 Å². The molecule has 0 saturated carbocycles. The lowest BCUT2D eigenvalue weighted by atomic mass is 9.69. The van der Waals surface area contributed by atoms with Crippen LogP contribution in [0.3, 0.4) is 0 Å². The fourth-order valence-electron chi connectivity index (χ4n) is 4.69. The van der Waals surface area contributed by atoms with Gasteiger partial charge in [0.05, 0.1) is 19.9 Å². The summed E-state index contributed by atoms with van der Waals surface area (Å²) in [4.78, 5) is 28.6. The van der Waals surface area contributed by atoms with Gasteiger partial charge in [0.2, 0.25) is 5.91 Å². The number of ketones is 1. The molecule has 0 bridgehead atoms. The molecule has 0 saturated heterocycles. The summed E-state index contributed by atoms with van der Waals surface area (Å²) in [6.07, 6.45) is 1.22. The monoisotopic (exact) mass is 439 g/mol. The first kappa shape index (κ1) is 21.4. The molecule has 1 atom stereocenters. The van der Waals surface area contributed by atoms with Crippen LogP contribution in [0.2, 0.25) is 5.02 Å². The van der Waals surface area contributed by atoms with Crippen LogP contribution in [0.1, 0.15) is 44.6 Å². The number of benzene rings is 2. The minimum Gasteiger partial charge on any atom is -0.497 e. The van der Waals surface area contributed by atoms with Gasteiger partial charge in [0.1, 0.15) is 11.5 Å². The fraction of sp³-hybridized carbons (Fsp3) is 0.360. The van der Waals surface area contributed by atoms with Gasteiger partial charge >= 0.3 is 0 Å². The van der Waals surface area contributed by atoms with E-state index < -0.39 is 0 Å². The number of allylic oxidation sites excluding steroid dienone is 2. The Hall–Kier alpha value is -2.79. The van der Waals surface area contributed by atoms with Crippen molar-refractivity contribution in [3.63, 3.8) is 0 Å². The van der Waals surface area contributed by atoms with Crippen molar-refractivity contribution in [1.82, 2.24) is 0 Å². The van der Waals surface area contributed by atoms with E-state index in [-0.39, 0.29) is 29.4 Å². The Morgan fingerprint density at radius 3 is 2.45 bits per heavy atom. The molecule has 1 amide bonds. The molecule has 0 N–H and O–H groups in total. The van der Waals surface area contributed by atoms with E-state index in [0.717, 1.165) is 11.3 Å². The number of ether oxygens (including phenoxy) is 2. The number of carbonyl (C=O) groups is 2. The topological polar surface area (TPSA) is 55.8 Å². The Morgan fingerprint density at radius 1 is 1.03 bits per heavy atom. The first-order valence-corrected chi connectivity index (χ1v) is 10.7. The minimum absolute atomic E-state index is 0.0705. The van der Waals surface area contributed by atoms with Crippen LogP contribution in [0.25, 0.3) is 0 Å². The van der Waals surface area contributed by atoms with Crippen LogP contribution in [-0.4, -0.2) is 25.9 Å². The molecule has 1 heterocycles. The van der Waals surface area contributed by atoms with Crippen molar-refractivity contribution >= 4 is 29.0 Å². The van der Waals surface area contributed by atoms with Gasteiger partial charge in [0.25, 0.3) is 0 Å². The zero-order chi connectivity index (χ0) is 22.3. The highest BCUT2D eigenvalue weighted by Gasteiger charge is 2.45. The number of amides is 1. The smallest absolute Gasteiger partial charge is 0.232 e. The Kier molecular flexibility index (Phi) is 5.56. The number of anilines is 1. The van der Waals surface area contributed by atoms with E-state index in [9.17, 15) is 9.59 Å².